The van der Waals surface area contributed by atoms with E-state index in [0.29, 0.717) is 18.8 Å². The Morgan fingerprint density at radius 3 is 2.57 bits per heavy atom. The third-order valence-electron chi connectivity index (χ3n) is 6.54. The molecule has 30 heavy (non-hydrogen) atoms. The van der Waals surface area contributed by atoms with E-state index in [1.165, 1.54) is 0 Å². The molecule has 0 spiro atoms. The fourth-order valence-corrected chi connectivity index (χ4v) is 4.26. The molecule has 168 valence electrons. The van der Waals surface area contributed by atoms with Crippen LogP contribution < -0.4 is 5.32 Å². The van der Waals surface area contributed by atoms with Crippen LogP contribution in [0.25, 0.3) is 0 Å². The highest BCUT2D eigenvalue weighted by atomic mass is 16.3. The van der Waals surface area contributed by atoms with Crippen LogP contribution in [0, 0.1) is 11.8 Å². The van der Waals surface area contributed by atoms with E-state index in [1.54, 1.807) is 0 Å². The number of benzene rings is 1. The van der Waals surface area contributed by atoms with E-state index in [4.69, 9.17) is 0 Å². The molecule has 1 saturated heterocycles. The number of aliphatic hydroxyl groups excluding tert-OH is 1. The summed E-state index contributed by atoms with van der Waals surface area (Å²) < 4.78 is 0. The highest BCUT2D eigenvalue weighted by Gasteiger charge is 2.31. The minimum absolute atomic E-state index is 0.0615. The van der Waals surface area contributed by atoms with Crippen molar-refractivity contribution in [2.24, 2.45) is 11.8 Å². The van der Waals surface area contributed by atoms with Crippen molar-refractivity contribution in [2.75, 3.05) is 6.54 Å². The second kappa shape index (κ2) is 12.1. The molecule has 0 saturated carbocycles. The van der Waals surface area contributed by atoms with Crippen LogP contribution in [0.15, 0.2) is 30.3 Å². The van der Waals surface area contributed by atoms with E-state index in [2.05, 4.69) is 19.2 Å². The molecule has 0 aromatic heterocycles. The van der Waals surface area contributed by atoms with Gasteiger partial charge < -0.3 is 15.3 Å². The van der Waals surface area contributed by atoms with Gasteiger partial charge in [-0.1, -0.05) is 63.9 Å². The van der Waals surface area contributed by atoms with Gasteiger partial charge in [-0.15, -0.1) is 0 Å². The predicted octanol–water partition coefficient (Wildman–Crippen LogP) is 4.46. The number of hydrogen-bond acceptors (Lipinski definition) is 3. The number of carbonyl (C=O) groups is 2. The van der Waals surface area contributed by atoms with Crippen LogP contribution in [0.3, 0.4) is 0 Å². The molecule has 5 nitrogen and oxygen atoms in total. The van der Waals surface area contributed by atoms with Crippen molar-refractivity contribution in [3.05, 3.63) is 35.9 Å². The zero-order valence-corrected chi connectivity index (χ0v) is 19.1. The van der Waals surface area contributed by atoms with Crippen LogP contribution in [-0.4, -0.2) is 40.4 Å². The number of nitrogens with one attached hydrogen (secondary N) is 1. The molecular formula is C25H40N2O3. The molecule has 5 atom stereocenters. The zero-order chi connectivity index (χ0) is 22.1. The third kappa shape index (κ3) is 7.12. The van der Waals surface area contributed by atoms with Crippen LogP contribution >= 0.6 is 0 Å². The summed E-state index contributed by atoms with van der Waals surface area (Å²) in [4.78, 5) is 27.4. The highest BCUT2D eigenvalue weighted by molar-refractivity contribution is 5.79. The first-order valence-corrected chi connectivity index (χ1v) is 11.7. The molecule has 1 aromatic carbocycles. The maximum absolute atomic E-state index is 12.7. The maximum Gasteiger partial charge on any atom is 0.223 e. The van der Waals surface area contributed by atoms with Crippen LogP contribution in [0.2, 0.25) is 0 Å². The maximum atomic E-state index is 12.7. The van der Waals surface area contributed by atoms with Gasteiger partial charge in [0.25, 0.3) is 0 Å². The van der Waals surface area contributed by atoms with Gasteiger partial charge in [0, 0.05) is 24.9 Å². The first-order valence-electron chi connectivity index (χ1n) is 11.7. The van der Waals surface area contributed by atoms with Crippen molar-refractivity contribution in [1.29, 1.82) is 0 Å². The third-order valence-corrected chi connectivity index (χ3v) is 6.54. The molecule has 0 aliphatic carbocycles. The van der Waals surface area contributed by atoms with Crippen LogP contribution in [0.1, 0.15) is 84.3 Å². The van der Waals surface area contributed by atoms with Crippen LogP contribution in [-0.2, 0) is 9.59 Å². The SMILES string of the molecule is CC[C@H](C)CCCC(=O)N1CCC[C@H]1C[C@@H](C)C(=O)N[C@H](C)[C@@H](O)c1ccccc1. The zero-order valence-electron chi connectivity index (χ0n) is 19.1. The second-order valence-corrected chi connectivity index (χ2v) is 9.08. The first kappa shape index (κ1) is 24.4. The Kier molecular flexibility index (Phi) is 9.83. The van der Waals surface area contributed by atoms with E-state index in [-0.39, 0.29) is 29.8 Å². The van der Waals surface area contributed by atoms with E-state index in [1.807, 2.05) is 49.1 Å². The minimum Gasteiger partial charge on any atom is -0.386 e. The van der Waals surface area contributed by atoms with Gasteiger partial charge in [0.05, 0.1) is 12.1 Å². The smallest absolute Gasteiger partial charge is 0.223 e. The number of rotatable bonds is 11. The average Bonchev–Trinajstić information content (AvgIpc) is 3.21. The van der Waals surface area contributed by atoms with Crippen LogP contribution in [0.4, 0.5) is 0 Å². The fourth-order valence-electron chi connectivity index (χ4n) is 4.26. The molecule has 2 rings (SSSR count). The monoisotopic (exact) mass is 416 g/mol. The largest absolute Gasteiger partial charge is 0.386 e. The molecule has 1 fully saturated rings. The lowest BCUT2D eigenvalue weighted by Gasteiger charge is -2.28. The average molecular weight is 417 g/mol. The molecule has 1 aliphatic rings. The number of aliphatic hydroxyl groups is 1. The Balaban J connectivity index is 1.82. The Hall–Kier alpha value is -1.88. The number of likely N-dealkylation sites (tertiary alicyclic amines) is 1. The quantitative estimate of drug-likeness (QED) is 0.560. The summed E-state index contributed by atoms with van der Waals surface area (Å²) in [5.41, 5.74) is 0.794. The summed E-state index contributed by atoms with van der Waals surface area (Å²) in [5, 5.41) is 13.4. The topological polar surface area (TPSA) is 69.6 Å². The van der Waals surface area contributed by atoms with Crippen molar-refractivity contribution < 1.29 is 14.7 Å². The van der Waals surface area contributed by atoms with E-state index in [9.17, 15) is 14.7 Å². The lowest BCUT2D eigenvalue weighted by atomic mass is 9.97. The summed E-state index contributed by atoms with van der Waals surface area (Å²) >= 11 is 0. The number of amides is 2. The standard InChI is InChI=1S/C25H40N2O3/c1-5-18(2)11-9-15-23(28)27-16-10-14-22(27)17-19(3)25(30)26-20(4)24(29)21-12-7-6-8-13-21/h6-8,12-13,18-20,22,24,29H,5,9-11,14-17H2,1-4H3,(H,26,30)/t18-,19+,20+,22-,24+/m0/s1. The summed E-state index contributed by atoms with van der Waals surface area (Å²) in [5.74, 6) is 0.646. The molecule has 0 bridgehead atoms. The molecule has 5 heteroatoms. The summed E-state index contributed by atoms with van der Waals surface area (Å²) in [6.45, 7) is 8.98. The van der Waals surface area contributed by atoms with E-state index in [0.717, 1.165) is 44.2 Å². The number of hydrogen-bond donors (Lipinski definition) is 2. The summed E-state index contributed by atoms with van der Waals surface area (Å²) in [6, 6.07) is 9.16. The Morgan fingerprint density at radius 2 is 1.90 bits per heavy atom. The fraction of sp³-hybridized carbons (Fsp3) is 0.680. The molecular weight excluding hydrogens is 376 g/mol. The van der Waals surface area contributed by atoms with Gasteiger partial charge in [0.2, 0.25) is 11.8 Å². The minimum atomic E-state index is -0.739. The van der Waals surface area contributed by atoms with Gasteiger partial charge in [0.15, 0.2) is 0 Å². The van der Waals surface area contributed by atoms with Gasteiger partial charge in [-0.25, -0.2) is 0 Å². The first-order chi connectivity index (χ1) is 14.3. The summed E-state index contributed by atoms with van der Waals surface area (Å²) in [7, 11) is 0. The highest BCUT2D eigenvalue weighted by Crippen LogP contribution is 2.26. The van der Waals surface area contributed by atoms with Crippen molar-refractivity contribution in [2.45, 2.75) is 90.8 Å². The van der Waals surface area contributed by atoms with Crippen molar-refractivity contribution in [3.63, 3.8) is 0 Å². The van der Waals surface area contributed by atoms with Gasteiger partial charge in [0.1, 0.15) is 0 Å². The van der Waals surface area contributed by atoms with Gasteiger partial charge in [-0.05, 0) is 44.1 Å². The predicted molar refractivity (Wildman–Crippen MR) is 121 cm³/mol. The van der Waals surface area contributed by atoms with Gasteiger partial charge >= 0.3 is 0 Å². The van der Waals surface area contributed by atoms with E-state index >= 15 is 0 Å². The number of nitrogens with zero attached hydrogens (tertiary/aromatic N) is 1. The Labute approximate surface area is 182 Å². The van der Waals surface area contributed by atoms with E-state index < -0.39 is 6.10 Å². The molecule has 2 amide bonds. The molecule has 1 heterocycles. The van der Waals surface area contributed by atoms with Crippen molar-refractivity contribution in [1.82, 2.24) is 10.2 Å². The molecule has 2 N–H and O–H groups in total. The molecule has 1 aromatic rings. The molecule has 0 unspecified atom stereocenters. The summed E-state index contributed by atoms with van der Waals surface area (Å²) in [6.07, 6.45) is 5.74. The number of carbonyl (C=O) groups excluding carboxylic acids is 2. The van der Waals surface area contributed by atoms with Crippen LogP contribution in [0.5, 0.6) is 0 Å². The Morgan fingerprint density at radius 1 is 1.20 bits per heavy atom. The lowest BCUT2D eigenvalue weighted by Crippen LogP contribution is -2.42. The van der Waals surface area contributed by atoms with Crippen molar-refractivity contribution in [3.8, 4) is 0 Å². The van der Waals surface area contributed by atoms with Gasteiger partial charge in [-0.2, -0.15) is 0 Å². The normalized spacial score (nSPS) is 20.4. The second-order valence-electron chi connectivity index (χ2n) is 9.08. The molecule has 0 radical (unpaired) electrons. The van der Waals surface area contributed by atoms with Crippen molar-refractivity contribution >= 4 is 11.8 Å². The molecule has 1 aliphatic heterocycles. The Bertz CT molecular complexity index is 664. The van der Waals surface area contributed by atoms with Gasteiger partial charge in [-0.3, -0.25) is 9.59 Å². The lowest BCUT2D eigenvalue weighted by molar-refractivity contribution is -0.134.